The van der Waals surface area contributed by atoms with Gasteiger partial charge in [-0.2, -0.15) is 0 Å². The van der Waals surface area contributed by atoms with Crippen LogP contribution in [0.1, 0.15) is 4.88 Å². The van der Waals surface area contributed by atoms with Gasteiger partial charge in [-0.1, -0.05) is 6.07 Å². The molecule has 2 heterocycles. The fourth-order valence-electron chi connectivity index (χ4n) is 1.74. The number of pyridine rings is 1. The number of rotatable bonds is 6. The van der Waals surface area contributed by atoms with Crippen LogP contribution in [0.5, 0.6) is 0 Å². The summed E-state index contributed by atoms with van der Waals surface area (Å²) in [6, 6.07) is 7.90. The van der Waals surface area contributed by atoms with Crippen molar-refractivity contribution in [3.63, 3.8) is 0 Å². The zero-order chi connectivity index (χ0) is 15.5. The Kier molecular flexibility index (Phi) is 4.94. The Balaban J connectivity index is 1.97. The molecule has 2 aromatic heterocycles. The van der Waals surface area contributed by atoms with Crippen molar-refractivity contribution in [3.05, 3.63) is 51.8 Å². The molecule has 0 saturated carbocycles. The van der Waals surface area contributed by atoms with Gasteiger partial charge in [-0.25, -0.2) is 13.1 Å². The molecule has 2 rings (SSSR count). The number of sulfonamides is 1. The third-order valence-electron chi connectivity index (χ3n) is 2.80. The van der Waals surface area contributed by atoms with Gasteiger partial charge in [0.2, 0.25) is 10.0 Å². The van der Waals surface area contributed by atoms with E-state index in [1.165, 1.54) is 28.0 Å². The Morgan fingerprint density at radius 3 is 2.71 bits per heavy atom. The van der Waals surface area contributed by atoms with Gasteiger partial charge >= 0.3 is 0 Å². The van der Waals surface area contributed by atoms with Crippen LogP contribution in [0, 0.1) is 6.92 Å². The van der Waals surface area contributed by atoms with Crippen LogP contribution < -0.4 is 10.3 Å². The summed E-state index contributed by atoms with van der Waals surface area (Å²) in [5.74, 6) is 0. The summed E-state index contributed by atoms with van der Waals surface area (Å²) >= 11 is 1.17. The van der Waals surface area contributed by atoms with Crippen molar-refractivity contribution in [2.75, 3.05) is 6.54 Å². The highest BCUT2D eigenvalue weighted by molar-refractivity contribution is 7.91. The monoisotopic (exact) mass is 328 g/mol. The summed E-state index contributed by atoms with van der Waals surface area (Å²) in [5.41, 5.74) is -0.242. The van der Waals surface area contributed by atoms with Crippen LogP contribution in [-0.4, -0.2) is 30.7 Å². The summed E-state index contributed by atoms with van der Waals surface area (Å²) in [5, 5.41) is 9.86. The maximum Gasteiger partial charge on any atom is 0.250 e. The molecule has 1 unspecified atom stereocenters. The van der Waals surface area contributed by atoms with E-state index in [-0.39, 0.29) is 22.9 Å². The van der Waals surface area contributed by atoms with Crippen molar-refractivity contribution in [1.29, 1.82) is 0 Å². The van der Waals surface area contributed by atoms with Crippen LogP contribution in [0.3, 0.4) is 0 Å². The lowest BCUT2D eigenvalue weighted by atomic mass is 10.3. The molecule has 0 bridgehead atoms. The number of aromatic nitrogens is 1. The Morgan fingerprint density at radius 2 is 2.10 bits per heavy atom. The highest BCUT2D eigenvalue weighted by Gasteiger charge is 2.17. The van der Waals surface area contributed by atoms with Crippen molar-refractivity contribution in [2.45, 2.75) is 23.8 Å². The molecule has 0 amide bonds. The van der Waals surface area contributed by atoms with Crippen LogP contribution in [0.15, 0.2) is 45.5 Å². The van der Waals surface area contributed by atoms with E-state index in [4.69, 9.17) is 0 Å². The second-order valence-electron chi connectivity index (χ2n) is 4.56. The molecule has 0 saturated heterocycles. The lowest BCUT2D eigenvalue weighted by Crippen LogP contribution is -2.36. The lowest BCUT2D eigenvalue weighted by Gasteiger charge is -2.13. The smallest absolute Gasteiger partial charge is 0.250 e. The number of aliphatic hydroxyl groups is 1. The maximum absolute atomic E-state index is 12.0. The molecule has 0 radical (unpaired) electrons. The SMILES string of the molecule is Cc1ccc(S(=O)(=O)NCC(O)Cn2ccccc2=O)s1. The molecule has 0 fully saturated rings. The summed E-state index contributed by atoms with van der Waals surface area (Å²) in [6.45, 7) is 1.70. The predicted octanol–water partition coefficient (Wildman–Crippen LogP) is 0.558. The second-order valence-corrected chi connectivity index (χ2v) is 7.84. The van der Waals surface area contributed by atoms with E-state index in [0.29, 0.717) is 0 Å². The zero-order valence-electron chi connectivity index (χ0n) is 11.4. The topological polar surface area (TPSA) is 88.4 Å². The quantitative estimate of drug-likeness (QED) is 0.811. The molecule has 0 aromatic carbocycles. The summed E-state index contributed by atoms with van der Waals surface area (Å²) in [6.07, 6.45) is 0.559. The number of aliphatic hydroxyl groups excluding tert-OH is 1. The van der Waals surface area contributed by atoms with Crippen LogP contribution in [0.4, 0.5) is 0 Å². The van der Waals surface area contributed by atoms with Gasteiger partial charge in [-0.15, -0.1) is 11.3 Å². The van der Waals surface area contributed by atoms with Gasteiger partial charge in [0.05, 0.1) is 12.6 Å². The van der Waals surface area contributed by atoms with Gasteiger partial charge < -0.3 is 9.67 Å². The van der Waals surface area contributed by atoms with E-state index in [2.05, 4.69) is 4.72 Å². The van der Waals surface area contributed by atoms with E-state index in [1.807, 2.05) is 6.92 Å². The Hall–Kier alpha value is -1.48. The minimum absolute atomic E-state index is 0.0334. The summed E-state index contributed by atoms with van der Waals surface area (Å²) < 4.78 is 27.9. The normalized spacial score (nSPS) is 13.2. The van der Waals surface area contributed by atoms with Crippen LogP contribution >= 0.6 is 11.3 Å². The molecule has 0 spiro atoms. The van der Waals surface area contributed by atoms with Gasteiger partial charge in [0.15, 0.2) is 0 Å². The molecule has 1 atom stereocenters. The Bertz CT molecular complexity index is 764. The minimum atomic E-state index is -3.62. The fourth-order valence-corrected chi connectivity index (χ4v) is 4.14. The number of nitrogens with zero attached hydrogens (tertiary/aromatic N) is 1. The lowest BCUT2D eigenvalue weighted by molar-refractivity contribution is 0.156. The van der Waals surface area contributed by atoms with Crippen molar-refractivity contribution >= 4 is 21.4 Å². The molecule has 114 valence electrons. The summed E-state index contributed by atoms with van der Waals surface area (Å²) in [4.78, 5) is 12.4. The molecule has 2 aromatic rings. The first kappa shape index (κ1) is 15.9. The second kappa shape index (κ2) is 6.52. The van der Waals surface area contributed by atoms with Crippen molar-refractivity contribution < 1.29 is 13.5 Å². The van der Waals surface area contributed by atoms with Crippen molar-refractivity contribution in [1.82, 2.24) is 9.29 Å². The van der Waals surface area contributed by atoms with E-state index < -0.39 is 16.1 Å². The summed E-state index contributed by atoms with van der Waals surface area (Å²) in [7, 11) is -3.62. The van der Waals surface area contributed by atoms with E-state index in [1.54, 1.807) is 24.4 Å². The standard InChI is InChI=1S/C13H16N2O4S2/c1-10-5-6-13(20-10)21(18,19)14-8-11(16)9-15-7-3-2-4-12(15)17/h2-7,11,14,16H,8-9H2,1H3. The molecule has 0 aliphatic heterocycles. The van der Waals surface area contributed by atoms with Crippen LogP contribution in [0.25, 0.3) is 0 Å². The first-order valence-corrected chi connectivity index (χ1v) is 8.58. The third-order valence-corrected chi connectivity index (χ3v) is 5.71. The molecular formula is C13H16N2O4S2. The maximum atomic E-state index is 12.0. The van der Waals surface area contributed by atoms with Gasteiger partial charge in [-0.3, -0.25) is 4.79 Å². The number of hydrogen-bond acceptors (Lipinski definition) is 5. The van der Waals surface area contributed by atoms with E-state index in [0.717, 1.165) is 4.88 Å². The van der Waals surface area contributed by atoms with Gasteiger partial charge in [0.25, 0.3) is 5.56 Å². The first-order chi connectivity index (χ1) is 9.88. The van der Waals surface area contributed by atoms with Gasteiger partial charge in [-0.05, 0) is 25.1 Å². The van der Waals surface area contributed by atoms with Crippen LogP contribution in [-0.2, 0) is 16.6 Å². The van der Waals surface area contributed by atoms with Gasteiger partial charge in [0.1, 0.15) is 4.21 Å². The predicted molar refractivity (Wildman–Crippen MR) is 81.0 cm³/mol. The van der Waals surface area contributed by atoms with Crippen molar-refractivity contribution in [2.24, 2.45) is 0 Å². The average molecular weight is 328 g/mol. The van der Waals surface area contributed by atoms with Crippen molar-refractivity contribution in [3.8, 4) is 0 Å². The Labute approximate surface area is 126 Å². The van der Waals surface area contributed by atoms with E-state index in [9.17, 15) is 18.3 Å². The first-order valence-electron chi connectivity index (χ1n) is 6.28. The molecule has 21 heavy (non-hydrogen) atoms. The minimum Gasteiger partial charge on any atom is -0.390 e. The molecule has 8 heteroatoms. The molecule has 0 aliphatic carbocycles. The fraction of sp³-hybridized carbons (Fsp3) is 0.308. The Morgan fingerprint density at radius 1 is 1.33 bits per heavy atom. The highest BCUT2D eigenvalue weighted by Crippen LogP contribution is 2.20. The van der Waals surface area contributed by atoms with Crippen LogP contribution in [0.2, 0.25) is 0 Å². The zero-order valence-corrected chi connectivity index (χ0v) is 13.0. The number of nitrogens with one attached hydrogen (secondary N) is 1. The van der Waals surface area contributed by atoms with Gasteiger partial charge in [0, 0.05) is 23.7 Å². The molecule has 0 aliphatic rings. The highest BCUT2D eigenvalue weighted by atomic mass is 32.2. The number of aryl methyl sites for hydroxylation is 1. The molecular weight excluding hydrogens is 312 g/mol. The number of thiophene rings is 1. The average Bonchev–Trinajstić information content (AvgIpc) is 2.87. The molecule has 2 N–H and O–H groups in total. The largest absolute Gasteiger partial charge is 0.390 e. The number of hydrogen-bond donors (Lipinski definition) is 2. The van der Waals surface area contributed by atoms with E-state index >= 15 is 0 Å². The molecule has 6 nitrogen and oxygen atoms in total. The third kappa shape index (κ3) is 4.24.